The first-order chi connectivity index (χ1) is 11.3. The Morgan fingerprint density at radius 3 is 2.33 bits per heavy atom. The van der Waals surface area contributed by atoms with Crippen molar-refractivity contribution in [1.82, 2.24) is 0 Å². The molecule has 3 nitrogen and oxygen atoms in total. The monoisotopic (exact) mass is 324 g/mol. The Morgan fingerprint density at radius 1 is 1.04 bits per heavy atom. The Bertz CT molecular complexity index is 779. The number of fused-ring (bicyclic) bond motifs is 1. The number of hydrogen-bond donors (Lipinski definition) is 0. The maximum atomic E-state index is 12.5. The van der Waals surface area contributed by atoms with Gasteiger partial charge in [0.2, 0.25) is 0 Å². The minimum absolute atomic E-state index is 0.0495. The first-order valence-corrected chi connectivity index (χ1v) is 8.21. The molecule has 0 N–H and O–H groups in total. The topological polar surface area (TPSA) is 43.4 Å². The quantitative estimate of drug-likeness (QED) is 0.429. The van der Waals surface area contributed by atoms with Crippen molar-refractivity contribution in [3.63, 3.8) is 0 Å². The predicted molar refractivity (Wildman–Crippen MR) is 97.1 cm³/mol. The second-order valence-electron chi connectivity index (χ2n) is 6.82. The molecule has 2 aromatic rings. The van der Waals surface area contributed by atoms with Gasteiger partial charge < -0.3 is 4.74 Å². The maximum absolute atomic E-state index is 12.5. The number of rotatable bonds is 6. The SMILES string of the molecule is CCO/C(=C\C(=O)c1ccc2ccccc2c1)CC(=O)C(C)(C)C. The normalized spacial score (nSPS) is 12.2. The highest BCUT2D eigenvalue weighted by Crippen LogP contribution is 2.21. The van der Waals surface area contributed by atoms with Crippen LogP contribution < -0.4 is 0 Å². The number of hydrogen-bond acceptors (Lipinski definition) is 3. The van der Waals surface area contributed by atoms with E-state index in [2.05, 4.69) is 0 Å². The molecule has 0 aromatic heterocycles. The molecular formula is C21H24O3. The molecule has 0 spiro atoms. The van der Waals surface area contributed by atoms with Gasteiger partial charge in [-0.25, -0.2) is 0 Å². The van der Waals surface area contributed by atoms with Crippen LogP contribution in [0.1, 0.15) is 44.5 Å². The number of ketones is 2. The van der Waals surface area contributed by atoms with Crippen molar-refractivity contribution in [2.24, 2.45) is 5.41 Å². The first kappa shape index (κ1) is 17.9. The molecule has 0 heterocycles. The summed E-state index contributed by atoms with van der Waals surface area (Å²) in [6, 6.07) is 13.5. The number of allylic oxidation sites excluding steroid dienone is 2. The Labute approximate surface area is 143 Å². The second-order valence-corrected chi connectivity index (χ2v) is 6.82. The van der Waals surface area contributed by atoms with Crippen molar-refractivity contribution < 1.29 is 14.3 Å². The molecule has 0 fully saturated rings. The van der Waals surface area contributed by atoms with E-state index in [0.717, 1.165) is 10.8 Å². The van der Waals surface area contributed by atoms with E-state index in [4.69, 9.17) is 4.74 Å². The fourth-order valence-corrected chi connectivity index (χ4v) is 2.32. The lowest BCUT2D eigenvalue weighted by atomic mass is 9.88. The van der Waals surface area contributed by atoms with Gasteiger partial charge >= 0.3 is 0 Å². The molecule has 0 aliphatic carbocycles. The predicted octanol–water partition coefficient (Wildman–Crippen LogP) is 4.95. The molecule has 2 rings (SSSR count). The average Bonchev–Trinajstić information content (AvgIpc) is 2.53. The van der Waals surface area contributed by atoms with Gasteiger partial charge in [-0.2, -0.15) is 0 Å². The van der Waals surface area contributed by atoms with Crippen LogP contribution in [0.3, 0.4) is 0 Å². The van der Waals surface area contributed by atoms with Crippen LogP contribution in [0, 0.1) is 5.41 Å². The van der Waals surface area contributed by atoms with Crippen molar-refractivity contribution in [3.8, 4) is 0 Å². The van der Waals surface area contributed by atoms with Gasteiger partial charge in [0.25, 0.3) is 0 Å². The van der Waals surface area contributed by atoms with E-state index in [0.29, 0.717) is 17.9 Å². The lowest BCUT2D eigenvalue weighted by Gasteiger charge is -2.17. The number of carbonyl (C=O) groups is 2. The molecular weight excluding hydrogens is 300 g/mol. The molecule has 2 aromatic carbocycles. The van der Waals surface area contributed by atoms with Gasteiger partial charge in [-0.15, -0.1) is 0 Å². The van der Waals surface area contributed by atoms with Crippen molar-refractivity contribution in [3.05, 3.63) is 59.9 Å². The van der Waals surface area contributed by atoms with Crippen LogP contribution in [-0.2, 0) is 9.53 Å². The molecule has 0 saturated heterocycles. The summed E-state index contributed by atoms with van der Waals surface area (Å²) in [4.78, 5) is 24.7. The molecule has 0 aliphatic heterocycles. The van der Waals surface area contributed by atoms with Crippen molar-refractivity contribution >= 4 is 22.3 Å². The fraction of sp³-hybridized carbons (Fsp3) is 0.333. The van der Waals surface area contributed by atoms with Gasteiger partial charge in [-0.3, -0.25) is 9.59 Å². The Kier molecular flexibility index (Phi) is 5.55. The summed E-state index contributed by atoms with van der Waals surface area (Å²) in [7, 11) is 0. The number of carbonyl (C=O) groups excluding carboxylic acids is 2. The van der Waals surface area contributed by atoms with Crippen LogP contribution in [-0.4, -0.2) is 18.2 Å². The Balaban J connectivity index is 2.26. The highest BCUT2D eigenvalue weighted by Gasteiger charge is 2.23. The summed E-state index contributed by atoms with van der Waals surface area (Å²) in [6.07, 6.45) is 1.58. The van der Waals surface area contributed by atoms with Crippen molar-refractivity contribution in [2.45, 2.75) is 34.1 Å². The van der Waals surface area contributed by atoms with Gasteiger partial charge in [0, 0.05) is 17.1 Å². The average molecular weight is 324 g/mol. The molecule has 0 amide bonds. The molecule has 3 heteroatoms. The van der Waals surface area contributed by atoms with Gasteiger partial charge in [-0.05, 0) is 23.8 Å². The van der Waals surface area contributed by atoms with E-state index in [-0.39, 0.29) is 18.0 Å². The van der Waals surface area contributed by atoms with Crippen LogP contribution in [0.2, 0.25) is 0 Å². The van der Waals surface area contributed by atoms with Crippen LogP contribution >= 0.6 is 0 Å². The fourth-order valence-electron chi connectivity index (χ4n) is 2.32. The zero-order valence-electron chi connectivity index (χ0n) is 14.8. The van der Waals surface area contributed by atoms with Crippen molar-refractivity contribution in [2.75, 3.05) is 6.61 Å². The Hall–Kier alpha value is -2.42. The lowest BCUT2D eigenvalue weighted by molar-refractivity contribution is -0.126. The summed E-state index contributed by atoms with van der Waals surface area (Å²) in [5, 5.41) is 2.10. The summed E-state index contributed by atoms with van der Waals surface area (Å²) in [5.41, 5.74) is 0.136. The van der Waals surface area contributed by atoms with E-state index >= 15 is 0 Å². The van der Waals surface area contributed by atoms with Gasteiger partial charge in [0.05, 0.1) is 13.0 Å². The smallest absolute Gasteiger partial charge is 0.189 e. The third-order valence-electron chi connectivity index (χ3n) is 3.83. The molecule has 0 radical (unpaired) electrons. The van der Waals surface area contributed by atoms with E-state index in [1.807, 2.05) is 64.1 Å². The molecule has 24 heavy (non-hydrogen) atoms. The Morgan fingerprint density at radius 2 is 1.71 bits per heavy atom. The van der Waals surface area contributed by atoms with Crippen molar-refractivity contribution in [1.29, 1.82) is 0 Å². The summed E-state index contributed by atoms with van der Waals surface area (Å²) in [6.45, 7) is 7.86. The molecule has 0 aliphatic rings. The van der Waals surface area contributed by atoms with Gasteiger partial charge in [-0.1, -0.05) is 57.2 Å². The van der Waals surface area contributed by atoms with Crippen LogP contribution in [0.25, 0.3) is 10.8 Å². The molecule has 126 valence electrons. The third-order valence-corrected chi connectivity index (χ3v) is 3.83. The van der Waals surface area contributed by atoms with E-state index in [1.165, 1.54) is 6.08 Å². The highest BCUT2D eigenvalue weighted by molar-refractivity contribution is 6.07. The third kappa shape index (κ3) is 4.54. The number of benzene rings is 2. The van der Waals surface area contributed by atoms with Crippen LogP contribution in [0.4, 0.5) is 0 Å². The summed E-state index contributed by atoms with van der Waals surface area (Å²) >= 11 is 0. The summed E-state index contributed by atoms with van der Waals surface area (Å²) < 4.78 is 5.51. The lowest BCUT2D eigenvalue weighted by Crippen LogP contribution is -2.21. The van der Waals surface area contributed by atoms with E-state index in [1.54, 1.807) is 6.07 Å². The molecule has 0 bridgehead atoms. The number of Topliss-reactive ketones (excluding diaryl/α,β-unsaturated/α-hetero) is 1. The first-order valence-electron chi connectivity index (χ1n) is 8.21. The van der Waals surface area contributed by atoms with E-state index in [9.17, 15) is 9.59 Å². The second kappa shape index (κ2) is 7.43. The standard InChI is InChI=1S/C21H24O3/c1-5-24-18(14-20(23)21(2,3)4)13-19(22)17-11-10-15-8-6-7-9-16(15)12-17/h6-13H,5,14H2,1-4H3/b18-13-. The maximum Gasteiger partial charge on any atom is 0.189 e. The summed E-state index contributed by atoms with van der Waals surface area (Å²) in [5.74, 6) is 0.329. The largest absolute Gasteiger partial charge is 0.498 e. The zero-order chi connectivity index (χ0) is 17.7. The van der Waals surface area contributed by atoms with Gasteiger partial charge in [0.1, 0.15) is 11.5 Å². The van der Waals surface area contributed by atoms with Crippen LogP contribution in [0.15, 0.2) is 54.3 Å². The number of ether oxygens (including phenoxy) is 1. The molecule has 0 saturated carbocycles. The minimum atomic E-state index is -0.456. The highest BCUT2D eigenvalue weighted by atomic mass is 16.5. The van der Waals surface area contributed by atoms with Crippen LogP contribution in [0.5, 0.6) is 0 Å². The zero-order valence-corrected chi connectivity index (χ0v) is 14.8. The molecule has 0 unspecified atom stereocenters. The molecule has 0 atom stereocenters. The van der Waals surface area contributed by atoms with E-state index < -0.39 is 5.41 Å². The van der Waals surface area contributed by atoms with Gasteiger partial charge in [0.15, 0.2) is 5.78 Å². The minimum Gasteiger partial charge on any atom is -0.498 e.